The Morgan fingerprint density at radius 1 is 0.818 bits per heavy atom. The Labute approximate surface area is 138 Å². The normalized spacial score (nSPS) is 10.5. The zero-order chi connectivity index (χ0) is 15.5. The summed E-state index contributed by atoms with van der Waals surface area (Å²) in [6.07, 6.45) is 0. The number of benzene rings is 3. The van der Waals surface area contributed by atoms with Crippen LogP contribution in [0.5, 0.6) is 0 Å². The molecule has 0 N–H and O–H groups in total. The van der Waals surface area contributed by atoms with Gasteiger partial charge in [-0.15, -0.1) is 0 Å². The lowest BCUT2D eigenvalue weighted by atomic mass is 9.97. The van der Waals surface area contributed by atoms with Crippen molar-refractivity contribution in [2.45, 2.75) is 6.92 Å². The van der Waals surface area contributed by atoms with E-state index in [1.54, 1.807) is 0 Å². The Bertz CT molecular complexity index is 805. The highest BCUT2D eigenvalue weighted by Gasteiger charge is 2.12. The van der Waals surface area contributed by atoms with E-state index in [1.165, 1.54) is 0 Å². The molecule has 0 aromatic heterocycles. The zero-order valence-corrected chi connectivity index (χ0v) is 13.8. The molecule has 0 heterocycles. The minimum atomic E-state index is 0.0598. The summed E-state index contributed by atoms with van der Waals surface area (Å²) in [6.45, 7) is 1.95. The second kappa shape index (κ2) is 6.29. The van der Waals surface area contributed by atoms with E-state index in [4.69, 9.17) is 0 Å². The average Bonchev–Trinajstić information content (AvgIpc) is 2.55. The van der Waals surface area contributed by atoms with Crippen molar-refractivity contribution in [2.24, 2.45) is 0 Å². The van der Waals surface area contributed by atoms with Crippen LogP contribution in [0.2, 0.25) is 0 Å². The third-order valence-electron chi connectivity index (χ3n) is 3.69. The summed E-state index contributed by atoms with van der Waals surface area (Å²) < 4.78 is 0.987. The predicted octanol–water partition coefficient (Wildman–Crippen LogP) is 5.66. The van der Waals surface area contributed by atoms with E-state index >= 15 is 0 Å². The smallest absolute Gasteiger partial charge is 0.193 e. The first-order chi connectivity index (χ1) is 10.6. The van der Waals surface area contributed by atoms with Crippen molar-refractivity contribution in [1.29, 1.82) is 0 Å². The van der Waals surface area contributed by atoms with Crippen LogP contribution in [-0.4, -0.2) is 5.78 Å². The van der Waals surface area contributed by atoms with Gasteiger partial charge in [0, 0.05) is 15.6 Å². The van der Waals surface area contributed by atoms with Crippen molar-refractivity contribution in [3.05, 3.63) is 94.0 Å². The van der Waals surface area contributed by atoms with Crippen LogP contribution in [0.1, 0.15) is 21.5 Å². The summed E-state index contributed by atoms with van der Waals surface area (Å²) in [7, 11) is 0. The molecule has 0 aliphatic carbocycles. The minimum absolute atomic E-state index is 0.0598. The molecule has 0 aliphatic heterocycles. The molecular weight excluding hydrogens is 336 g/mol. The number of aryl methyl sites for hydroxylation is 1. The maximum atomic E-state index is 12.6. The second-order valence-electron chi connectivity index (χ2n) is 5.23. The fourth-order valence-corrected chi connectivity index (χ4v) is 2.96. The van der Waals surface area contributed by atoms with Crippen LogP contribution in [-0.2, 0) is 0 Å². The van der Waals surface area contributed by atoms with Crippen molar-refractivity contribution in [3.63, 3.8) is 0 Å². The first kappa shape index (κ1) is 14.7. The van der Waals surface area contributed by atoms with Gasteiger partial charge >= 0.3 is 0 Å². The SMILES string of the molecule is Cc1cc(Br)ccc1C(=O)c1ccc(-c2ccccc2)cc1. The Morgan fingerprint density at radius 2 is 1.45 bits per heavy atom. The van der Waals surface area contributed by atoms with Crippen LogP contribution in [0.4, 0.5) is 0 Å². The van der Waals surface area contributed by atoms with E-state index in [-0.39, 0.29) is 5.78 Å². The molecule has 1 nitrogen and oxygen atoms in total. The number of carbonyl (C=O) groups excluding carboxylic acids is 1. The van der Waals surface area contributed by atoms with E-state index in [0.29, 0.717) is 5.56 Å². The molecule has 0 spiro atoms. The van der Waals surface area contributed by atoms with Crippen LogP contribution in [0.3, 0.4) is 0 Å². The lowest BCUT2D eigenvalue weighted by Gasteiger charge is -2.07. The molecule has 0 bridgehead atoms. The van der Waals surface area contributed by atoms with Crippen LogP contribution < -0.4 is 0 Å². The molecular formula is C20H15BrO. The highest BCUT2D eigenvalue weighted by Crippen LogP contribution is 2.22. The third kappa shape index (κ3) is 3.02. The summed E-state index contributed by atoms with van der Waals surface area (Å²) in [6, 6.07) is 23.7. The monoisotopic (exact) mass is 350 g/mol. The lowest BCUT2D eigenvalue weighted by Crippen LogP contribution is -2.03. The molecule has 0 atom stereocenters. The molecule has 0 saturated heterocycles. The molecule has 22 heavy (non-hydrogen) atoms. The Kier molecular flexibility index (Phi) is 4.21. The molecule has 3 aromatic rings. The standard InChI is InChI=1S/C20H15BrO/c1-14-13-18(21)11-12-19(14)20(22)17-9-7-16(8-10-17)15-5-3-2-4-6-15/h2-13H,1H3. The number of hydrogen-bond donors (Lipinski definition) is 0. The number of rotatable bonds is 3. The van der Waals surface area contributed by atoms with E-state index in [2.05, 4.69) is 28.1 Å². The molecule has 3 rings (SSSR count). The van der Waals surface area contributed by atoms with Gasteiger partial charge in [-0.25, -0.2) is 0 Å². The molecule has 0 aliphatic rings. The van der Waals surface area contributed by atoms with Crippen molar-refractivity contribution >= 4 is 21.7 Å². The molecule has 0 radical (unpaired) electrons. The summed E-state index contributed by atoms with van der Waals surface area (Å²) in [5, 5.41) is 0. The van der Waals surface area contributed by atoms with Gasteiger partial charge < -0.3 is 0 Å². The summed E-state index contributed by atoms with van der Waals surface area (Å²) >= 11 is 3.43. The van der Waals surface area contributed by atoms with Crippen molar-refractivity contribution in [2.75, 3.05) is 0 Å². The van der Waals surface area contributed by atoms with Gasteiger partial charge in [0.2, 0.25) is 0 Å². The van der Waals surface area contributed by atoms with Gasteiger partial charge in [0.25, 0.3) is 0 Å². The molecule has 0 fully saturated rings. The van der Waals surface area contributed by atoms with Crippen LogP contribution in [0, 0.1) is 6.92 Å². The van der Waals surface area contributed by atoms with Gasteiger partial charge in [-0.05, 0) is 41.8 Å². The number of ketones is 1. The number of hydrogen-bond acceptors (Lipinski definition) is 1. The third-order valence-corrected chi connectivity index (χ3v) is 4.18. The van der Waals surface area contributed by atoms with E-state index < -0.39 is 0 Å². The highest BCUT2D eigenvalue weighted by molar-refractivity contribution is 9.10. The van der Waals surface area contributed by atoms with Crippen molar-refractivity contribution < 1.29 is 4.79 Å². The topological polar surface area (TPSA) is 17.1 Å². The van der Waals surface area contributed by atoms with Gasteiger partial charge in [-0.3, -0.25) is 4.79 Å². The van der Waals surface area contributed by atoms with Crippen LogP contribution in [0.15, 0.2) is 77.3 Å². The quantitative estimate of drug-likeness (QED) is 0.557. The molecule has 0 unspecified atom stereocenters. The molecule has 3 aromatic carbocycles. The van der Waals surface area contributed by atoms with Gasteiger partial charge in [-0.1, -0.05) is 70.5 Å². The van der Waals surface area contributed by atoms with Crippen molar-refractivity contribution in [3.8, 4) is 11.1 Å². The van der Waals surface area contributed by atoms with Crippen LogP contribution in [0.25, 0.3) is 11.1 Å². The first-order valence-corrected chi connectivity index (χ1v) is 7.91. The minimum Gasteiger partial charge on any atom is -0.289 e. The zero-order valence-electron chi connectivity index (χ0n) is 12.2. The van der Waals surface area contributed by atoms with E-state index in [9.17, 15) is 4.79 Å². The number of carbonyl (C=O) groups is 1. The van der Waals surface area contributed by atoms with E-state index in [1.807, 2.05) is 67.6 Å². The lowest BCUT2D eigenvalue weighted by molar-refractivity contribution is 0.103. The van der Waals surface area contributed by atoms with Crippen molar-refractivity contribution in [1.82, 2.24) is 0 Å². The summed E-state index contributed by atoms with van der Waals surface area (Å²) in [4.78, 5) is 12.6. The molecule has 108 valence electrons. The first-order valence-electron chi connectivity index (χ1n) is 7.11. The predicted molar refractivity (Wildman–Crippen MR) is 94.2 cm³/mol. The fraction of sp³-hybridized carbons (Fsp3) is 0.0500. The van der Waals surface area contributed by atoms with Crippen LogP contribution >= 0.6 is 15.9 Å². The largest absolute Gasteiger partial charge is 0.289 e. The van der Waals surface area contributed by atoms with Gasteiger partial charge in [0.15, 0.2) is 5.78 Å². The van der Waals surface area contributed by atoms with Gasteiger partial charge in [0.05, 0.1) is 0 Å². The number of halogens is 1. The van der Waals surface area contributed by atoms with Gasteiger partial charge in [0.1, 0.15) is 0 Å². The Morgan fingerprint density at radius 3 is 2.09 bits per heavy atom. The molecule has 0 amide bonds. The maximum Gasteiger partial charge on any atom is 0.193 e. The Hall–Kier alpha value is -2.19. The average molecular weight is 351 g/mol. The molecule has 0 saturated carbocycles. The maximum absolute atomic E-state index is 12.6. The second-order valence-corrected chi connectivity index (χ2v) is 6.15. The van der Waals surface area contributed by atoms with Gasteiger partial charge in [-0.2, -0.15) is 0 Å². The highest BCUT2D eigenvalue weighted by atomic mass is 79.9. The Balaban J connectivity index is 1.91. The fourth-order valence-electron chi connectivity index (χ4n) is 2.48. The molecule has 2 heteroatoms. The van der Waals surface area contributed by atoms with E-state index in [0.717, 1.165) is 26.7 Å². The summed E-state index contributed by atoms with van der Waals surface area (Å²) in [5.41, 5.74) is 4.71. The summed E-state index contributed by atoms with van der Waals surface area (Å²) in [5.74, 6) is 0.0598.